The lowest BCUT2D eigenvalue weighted by Crippen LogP contribution is -2.55. The van der Waals surface area contributed by atoms with Gasteiger partial charge in [-0.05, 0) is 74.0 Å². The Bertz CT molecular complexity index is 445. The van der Waals surface area contributed by atoms with E-state index in [1.54, 1.807) is 0 Å². The Morgan fingerprint density at radius 3 is 2.76 bits per heavy atom. The van der Waals surface area contributed by atoms with Crippen LogP contribution in [0.2, 0.25) is 0 Å². The maximum absolute atomic E-state index is 11.9. The Hall–Kier alpha value is -0.370. The minimum Gasteiger partial charge on any atom is -0.396 e. The molecule has 4 rings (SSSR count). The third kappa shape index (κ3) is 1.90. The molecule has 0 aromatic carbocycles. The predicted molar refractivity (Wildman–Crippen MR) is 82.8 cm³/mol. The molecular weight excluding hydrogens is 260 g/mol. The van der Waals surface area contributed by atoms with E-state index in [1.807, 2.05) is 0 Å². The summed E-state index contributed by atoms with van der Waals surface area (Å²) in [5, 5.41) is 10.3. The number of fused-ring (bicyclic) bond motifs is 5. The van der Waals surface area contributed by atoms with Gasteiger partial charge in [0, 0.05) is 24.9 Å². The van der Waals surface area contributed by atoms with Gasteiger partial charge >= 0.3 is 0 Å². The van der Waals surface area contributed by atoms with Crippen molar-refractivity contribution in [1.29, 1.82) is 0 Å². The number of hydrogen-bond acceptors (Lipinski definition) is 2. The van der Waals surface area contributed by atoms with Crippen molar-refractivity contribution in [1.82, 2.24) is 0 Å². The summed E-state index contributed by atoms with van der Waals surface area (Å²) in [6.07, 6.45) is 11.9. The van der Waals surface area contributed by atoms with Crippen molar-refractivity contribution >= 4 is 5.78 Å². The van der Waals surface area contributed by atoms with Crippen molar-refractivity contribution in [3.63, 3.8) is 0 Å². The van der Waals surface area contributed by atoms with E-state index in [9.17, 15) is 9.90 Å². The maximum atomic E-state index is 11.9. The first-order chi connectivity index (χ1) is 10.1. The van der Waals surface area contributed by atoms with Gasteiger partial charge in [0.25, 0.3) is 0 Å². The van der Waals surface area contributed by atoms with Crippen LogP contribution in [0.1, 0.15) is 71.1 Å². The van der Waals surface area contributed by atoms with Crippen LogP contribution in [0.15, 0.2) is 0 Å². The van der Waals surface area contributed by atoms with Crippen molar-refractivity contribution in [3.05, 3.63) is 0 Å². The van der Waals surface area contributed by atoms with Crippen molar-refractivity contribution in [2.75, 3.05) is 6.61 Å². The number of ketones is 1. The molecular formula is C19H30O2. The summed E-state index contributed by atoms with van der Waals surface area (Å²) in [7, 11) is 0. The van der Waals surface area contributed by atoms with Crippen molar-refractivity contribution < 1.29 is 9.90 Å². The molecule has 0 aliphatic heterocycles. The lowest BCUT2D eigenvalue weighted by Gasteiger charge is -2.60. The third-order valence-electron chi connectivity index (χ3n) is 8.26. The minimum atomic E-state index is 0.0980. The van der Waals surface area contributed by atoms with E-state index < -0.39 is 0 Å². The smallest absolute Gasteiger partial charge is 0.133 e. The lowest BCUT2D eigenvalue weighted by molar-refractivity contribution is -0.150. The summed E-state index contributed by atoms with van der Waals surface area (Å²) in [4.78, 5) is 11.9. The average molecular weight is 290 g/mol. The predicted octanol–water partition coefficient (Wildman–Crippen LogP) is 3.96. The Morgan fingerprint density at radius 2 is 1.95 bits per heavy atom. The molecule has 0 aromatic rings. The summed E-state index contributed by atoms with van der Waals surface area (Å²) in [5.74, 6) is 3.37. The quantitative estimate of drug-likeness (QED) is 0.793. The van der Waals surface area contributed by atoms with E-state index in [0.29, 0.717) is 29.6 Å². The van der Waals surface area contributed by atoms with Crippen LogP contribution in [-0.2, 0) is 4.79 Å². The molecule has 21 heavy (non-hydrogen) atoms. The van der Waals surface area contributed by atoms with Crippen LogP contribution >= 0.6 is 0 Å². The maximum Gasteiger partial charge on any atom is 0.133 e. The topological polar surface area (TPSA) is 37.3 Å². The zero-order chi connectivity index (χ0) is 14.7. The fourth-order valence-corrected chi connectivity index (χ4v) is 7.15. The Kier molecular flexibility index (Phi) is 3.26. The molecule has 1 N–H and O–H groups in total. The highest BCUT2D eigenvalue weighted by Crippen LogP contribution is 2.65. The third-order valence-corrected chi connectivity index (χ3v) is 8.26. The molecule has 2 nitrogen and oxygen atoms in total. The zero-order valence-electron chi connectivity index (χ0n) is 13.4. The Balaban J connectivity index is 1.66. The van der Waals surface area contributed by atoms with Gasteiger partial charge in [0.05, 0.1) is 0 Å². The van der Waals surface area contributed by atoms with Gasteiger partial charge in [-0.3, -0.25) is 4.79 Å². The first-order valence-corrected chi connectivity index (χ1v) is 9.22. The molecule has 118 valence electrons. The highest BCUT2D eigenvalue weighted by Gasteiger charge is 2.59. The first-order valence-electron chi connectivity index (χ1n) is 9.22. The summed E-state index contributed by atoms with van der Waals surface area (Å²) in [6, 6.07) is 0. The molecule has 0 unspecified atom stereocenters. The standard InChI is InChI=1S/C19H30O2/c1-18-8-2-3-16(18)15-5-4-13-11-14(21)6-10-19(13,12-20)17(15)7-9-18/h13,15-17,20H,2-12H2,1H3/t13-,15-,16-,17-,18-,19+/m0/s1. The van der Waals surface area contributed by atoms with E-state index in [-0.39, 0.29) is 5.41 Å². The largest absolute Gasteiger partial charge is 0.396 e. The number of Topliss-reactive ketones (excluding diaryl/α,β-unsaturated/α-hetero) is 1. The van der Waals surface area contributed by atoms with Crippen molar-refractivity contribution in [2.45, 2.75) is 71.1 Å². The minimum absolute atomic E-state index is 0.0980. The van der Waals surface area contributed by atoms with E-state index in [0.717, 1.165) is 31.1 Å². The molecule has 0 spiro atoms. The van der Waals surface area contributed by atoms with Crippen molar-refractivity contribution in [3.8, 4) is 0 Å². The van der Waals surface area contributed by atoms with Crippen LogP contribution < -0.4 is 0 Å². The van der Waals surface area contributed by atoms with Gasteiger partial charge < -0.3 is 5.11 Å². The number of carbonyl (C=O) groups is 1. The van der Waals surface area contributed by atoms with E-state index in [4.69, 9.17) is 0 Å². The van der Waals surface area contributed by atoms with Crippen LogP contribution in [0.3, 0.4) is 0 Å². The van der Waals surface area contributed by atoms with Gasteiger partial charge in [-0.15, -0.1) is 0 Å². The van der Waals surface area contributed by atoms with Gasteiger partial charge in [-0.2, -0.15) is 0 Å². The molecule has 4 saturated carbocycles. The summed E-state index contributed by atoms with van der Waals surface area (Å²) < 4.78 is 0. The molecule has 2 heteroatoms. The average Bonchev–Trinajstić information content (AvgIpc) is 2.88. The molecule has 4 aliphatic carbocycles. The molecule has 4 fully saturated rings. The molecule has 0 saturated heterocycles. The fourth-order valence-electron chi connectivity index (χ4n) is 7.15. The highest BCUT2D eigenvalue weighted by atomic mass is 16.3. The lowest BCUT2D eigenvalue weighted by atomic mass is 9.45. The monoisotopic (exact) mass is 290 g/mol. The normalized spacial score (nSPS) is 53.0. The number of rotatable bonds is 1. The fraction of sp³-hybridized carbons (Fsp3) is 0.947. The molecule has 4 aliphatic rings. The van der Waals surface area contributed by atoms with E-state index in [1.165, 1.54) is 44.9 Å². The second-order valence-electron chi connectivity index (χ2n) is 8.87. The molecule has 0 amide bonds. The number of hydrogen-bond donors (Lipinski definition) is 1. The zero-order valence-corrected chi connectivity index (χ0v) is 13.4. The van der Waals surface area contributed by atoms with Gasteiger partial charge in [0.2, 0.25) is 0 Å². The van der Waals surface area contributed by atoms with Crippen LogP contribution in [0, 0.1) is 34.5 Å². The van der Waals surface area contributed by atoms with Crippen molar-refractivity contribution in [2.24, 2.45) is 34.5 Å². The second-order valence-corrected chi connectivity index (χ2v) is 8.87. The number of aliphatic hydroxyl groups is 1. The summed E-state index contributed by atoms with van der Waals surface area (Å²) in [6.45, 7) is 2.86. The Labute approximate surface area is 128 Å². The highest BCUT2D eigenvalue weighted by molar-refractivity contribution is 5.79. The Morgan fingerprint density at radius 1 is 1.10 bits per heavy atom. The van der Waals surface area contributed by atoms with Gasteiger partial charge in [0.15, 0.2) is 0 Å². The van der Waals surface area contributed by atoms with E-state index >= 15 is 0 Å². The molecule has 0 bridgehead atoms. The van der Waals surface area contributed by atoms with Gasteiger partial charge in [-0.1, -0.05) is 13.3 Å². The van der Waals surface area contributed by atoms with E-state index in [2.05, 4.69) is 6.92 Å². The van der Waals surface area contributed by atoms with Crippen LogP contribution in [0.4, 0.5) is 0 Å². The SMILES string of the molecule is C[C@@]12CCC[C@H]1[C@@H]1CC[C@H]3CC(=O)CC[C@]3(CO)[C@H]1CC2. The first kappa shape index (κ1) is 14.2. The van der Waals surface area contributed by atoms with Crippen LogP contribution in [0.5, 0.6) is 0 Å². The molecule has 0 radical (unpaired) electrons. The molecule has 0 heterocycles. The van der Waals surface area contributed by atoms with Crippen LogP contribution in [0.25, 0.3) is 0 Å². The van der Waals surface area contributed by atoms with Crippen LogP contribution in [-0.4, -0.2) is 17.5 Å². The number of aliphatic hydroxyl groups excluding tert-OH is 1. The molecule has 0 aromatic heterocycles. The number of carbonyl (C=O) groups excluding carboxylic acids is 1. The van der Waals surface area contributed by atoms with Gasteiger partial charge in [0.1, 0.15) is 5.78 Å². The summed E-state index contributed by atoms with van der Waals surface area (Å²) in [5.41, 5.74) is 0.690. The van der Waals surface area contributed by atoms with Gasteiger partial charge in [-0.25, -0.2) is 0 Å². The molecule has 6 atom stereocenters. The summed E-state index contributed by atoms with van der Waals surface area (Å²) >= 11 is 0. The second kappa shape index (κ2) is 4.81.